The summed E-state index contributed by atoms with van der Waals surface area (Å²) in [7, 11) is -0.356. The van der Waals surface area contributed by atoms with Gasteiger partial charge in [0.2, 0.25) is 20.9 Å². The summed E-state index contributed by atoms with van der Waals surface area (Å²) in [5, 5.41) is 14.0. The third kappa shape index (κ3) is 7.03. The number of aliphatic hydroxyl groups excluding tert-OH is 1. The fourth-order valence-corrected chi connectivity index (χ4v) is 5.71. The lowest BCUT2D eigenvalue weighted by Gasteiger charge is -2.13. The maximum atomic E-state index is 12.7. The molecule has 1 unspecified atom stereocenters. The summed E-state index contributed by atoms with van der Waals surface area (Å²) in [6.07, 6.45) is 4.05. The van der Waals surface area contributed by atoms with Crippen LogP contribution < -0.4 is 16.4 Å². The number of aryl methyl sites for hydroxylation is 2. The van der Waals surface area contributed by atoms with Crippen LogP contribution in [0.4, 0.5) is 5.95 Å². The van der Waals surface area contributed by atoms with E-state index in [1.54, 1.807) is 55.7 Å². The number of benzene rings is 2. The van der Waals surface area contributed by atoms with Crippen molar-refractivity contribution in [1.29, 1.82) is 0 Å². The first-order valence-electron chi connectivity index (χ1n) is 14.1. The van der Waals surface area contributed by atoms with Gasteiger partial charge in [-0.05, 0) is 31.2 Å². The van der Waals surface area contributed by atoms with E-state index in [0.29, 0.717) is 49.3 Å². The smallest absolute Gasteiger partial charge is 0.259 e. The van der Waals surface area contributed by atoms with Crippen molar-refractivity contribution in [1.82, 2.24) is 29.1 Å². The lowest BCUT2D eigenvalue weighted by Crippen LogP contribution is -2.23. The van der Waals surface area contributed by atoms with Crippen LogP contribution in [-0.4, -0.2) is 61.5 Å². The Bertz CT molecular complexity index is 2380. The predicted molar refractivity (Wildman–Crippen MR) is 184 cm³/mol. The molecule has 15 heteroatoms. The van der Waals surface area contributed by atoms with Gasteiger partial charge in [-0.1, -0.05) is 59.6 Å². The number of hydrogen-bond donors (Lipinski definition) is 2. The fraction of sp³-hybridized carbons (Fsp3) is 0.188. The highest BCUT2D eigenvalue weighted by Gasteiger charge is 2.17. The normalized spacial score (nSPS) is 12.1. The van der Waals surface area contributed by atoms with Gasteiger partial charge in [-0.3, -0.25) is 18.7 Å². The van der Waals surface area contributed by atoms with Crippen LogP contribution in [0, 0.1) is 0 Å². The maximum absolute atomic E-state index is 12.7. The summed E-state index contributed by atoms with van der Waals surface area (Å²) >= 11 is 12.4. The zero-order valence-corrected chi connectivity index (χ0v) is 28.0. The van der Waals surface area contributed by atoms with Crippen molar-refractivity contribution >= 4 is 61.1 Å². The first kappa shape index (κ1) is 33.7. The minimum Gasteiger partial charge on any atom is -0.394 e. The van der Waals surface area contributed by atoms with Crippen molar-refractivity contribution in [3.63, 3.8) is 0 Å². The number of halogens is 2. The van der Waals surface area contributed by atoms with Gasteiger partial charge in [0.1, 0.15) is 11.3 Å². The second-order valence-corrected chi connectivity index (χ2v) is 13.4. The minimum absolute atomic E-state index is 0.0359. The molecule has 0 saturated carbocycles. The highest BCUT2D eigenvalue weighted by molar-refractivity contribution is 7.90. The van der Waals surface area contributed by atoms with E-state index in [9.17, 15) is 18.0 Å². The number of aliphatic hydroxyl groups is 1. The molecule has 4 heterocycles. The molecule has 0 spiro atoms. The van der Waals surface area contributed by atoms with Crippen LogP contribution in [-0.2, 0) is 23.9 Å². The Morgan fingerprint density at radius 2 is 1.26 bits per heavy atom. The highest BCUT2D eigenvalue weighted by Crippen LogP contribution is 2.28. The lowest BCUT2D eigenvalue weighted by atomic mass is 10.1. The molecule has 47 heavy (non-hydrogen) atoms. The van der Waals surface area contributed by atoms with Crippen LogP contribution >= 0.6 is 23.2 Å². The molecule has 0 aliphatic rings. The van der Waals surface area contributed by atoms with E-state index in [1.165, 1.54) is 22.4 Å². The molecule has 0 saturated heterocycles. The van der Waals surface area contributed by atoms with E-state index in [1.807, 2.05) is 25.1 Å². The van der Waals surface area contributed by atoms with Gasteiger partial charge in [0.25, 0.3) is 11.1 Å². The number of anilines is 1. The summed E-state index contributed by atoms with van der Waals surface area (Å²) in [6.45, 7) is 1.78. The summed E-state index contributed by atoms with van der Waals surface area (Å²) in [6, 6.07) is 17.4. The van der Waals surface area contributed by atoms with Gasteiger partial charge in [0.15, 0.2) is 0 Å². The quantitative estimate of drug-likeness (QED) is 0.238. The second kappa shape index (κ2) is 13.6. The molecule has 6 rings (SSSR count). The Labute approximate surface area is 279 Å². The molecule has 0 bridgehead atoms. The van der Waals surface area contributed by atoms with Crippen LogP contribution in [0.3, 0.4) is 0 Å². The summed E-state index contributed by atoms with van der Waals surface area (Å²) in [5.74, 6) is 0.365. The summed E-state index contributed by atoms with van der Waals surface area (Å²) in [5.41, 5.74) is 2.45. The topological polar surface area (TPSA) is 162 Å². The number of hydrogen-bond acceptors (Lipinski definition) is 10. The van der Waals surface area contributed by atoms with Crippen molar-refractivity contribution in [3.05, 3.63) is 104 Å². The van der Waals surface area contributed by atoms with Crippen LogP contribution in [0.25, 0.3) is 44.3 Å². The number of fused-ring (bicyclic) bond motifs is 2. The van der Waals surface area contributed by atoms with Gasteiger partial charge in [-0.25, -0.2) is 18.4 Å². The van der Waals surface area contributed by atoms with Crippen molar-refractivity contribution in [2.75, 3.05) is 18.2 Å². The monoisotopic (exact) mass is 693 g/mol. The number of nitrogens with one attached hydrogen (secondary N) is 1. The fourth-order valence-electron chi connectivity index (χ4n) is 4.74. The number of pyridine rings is 2. The first-order chi connectivity index (χ1) is 22.3. The molecule has 0 aliphatic carbocycles. The molecule has 6 aromatic rings. The first-order valence-corrected chi connectivity index (χ1v) is 16.8. The second-order valence-electron chi connectivity index (χ2n) is 10.7. The van der Waals surface area contributed by atoms with Crippen LogP contribution in [0.5, 0.6) is 0 Å². The summed E-state index contributed by atoms with van der Waals surface area (Å²) in [4.78, 5) is 41.8. The lowest BCUT2D eigenvalue weighted by molar-refractivity contribution is 0.281. The SMILES string of the molecule is CC(CO)Nc1ncc2cc(-c3ccccc3Cl)c(=O)n(C)c2n1.Cn1c(=O)c(-c2ccccc2Cl)cc2cnc(S(C)(=O)=O)nc21. The Morgan fingerprint density at radius 3 is 1.72 bits per heavy atom. The van der Waals surface area contributed by atoms with Gasteiger partial charge in [-0.2, -0.15) is 9.97 Å². The van der Waals surface area contributed by atoms with Gasteiger partial charge in [-0.15, -0.1) is 0 Å². The van der Waals surface area contributed by atoms with Crippen molar-refractivity contribution in [2.24, 2.45) is 14.1 Å². The molecule has 12 nitrogen and oxygen atoms in total. The molecular weight excluding hydrogens is 665 g/mol. The Kier molecular flexibility index (Phi) is 9.73. The Hall–Kier alpha value is -4.69. The average Bonchev–Trinajstić information content (AvgIpc) is 3.05. The van der Waals surface area contributed by atoms with Gasteiger partial charge in [0, 0.05) is 81.9 Å². The van der Waals surface area contributed by atoms with Crippen molar-refractivity contribution < 1.29 is 13.5 Å². The van der Waals surface area contributed by atoms with Crippen LogP contribution in [0.2, 0.25) is 10.0 Å². The number of nitrogens with zero attached hydrogens (tertiary/aromatic N) is 6. The average molecular weight is 695 g/mol. The van der Waals surface area contributed by atoms with Gasteiger partial charge < -0.3 is 10.4 Å². The Balaban J connectivity index is 0.000000185. The zero-order valence-electron chi connectivity index (χ0n) is 25.6. The molecule has 2 aromatic carbocycles. The van der Waals surface area contributed by atoms with Gasteiger partial charge >= 0.3 is 0 Å². The molecular formula is C32H29Cl2N7O5S. The Morgan fingerprint density at radius 1 is 0.787 bits per heavy atom. The van der Waals surface area contributed by atoms with E-state index in [0.717, 1.165) is 11.6 Å². The van der Waals surface area contributed by atoms with E-state index in [-0.39, 0.29) is 34.6 Å². The standard InChI is InChI=1S/C17H17ClN4O2.C15H12ClN3O3S/c1-10(9-23)20-17-19-8-11-7-13(12-5-3-4-6-14(12)18)16(24)22(2)15(11)21-17;1-19-13-9(8-17-15(18-13)23(2,21)22)7-11(14(19)20)10-5-3-4-6-12(10)16/h3-8,10,23H,9H2,1-2H3,(H,19,20,21);3-8H,1-2H3. The number of aromatic nitrogens is 6. The molecule has 242 valence electrons. The summed E-state index contributed by atoms with van der Waals surface area (Å²) < 4.78 is 25.9. The third-order valence-corrected chi connectivity index (χ3v) is 8.70. The van der Waals surface area contributed by atoms with Crippen molar-refractivity contribution in [3.8, 4) is 22.3 Å². The molecule has 0 aliphatic heterocycles. The minimum atomic E-state index is -3.55. The van der Waals surface area contributed by atoms with E-state index >= 15 is 0 Å². The predicted octanol–water partition coefficient (Wildman–Crippen LogP) is 4.49. The van der Waals surface area contributed by atoms with Crippen LogP contribution in [0.1, 0.15) is 6.92 Å². The zero-order chi connectivity index (χ0) is 34.0. The maximum Gasteiger partial charge on any atom is 0.259 e. The molecule has 0 radical (unpaired) electrons. The van der Waals surface area contributed by atoms with E-state index < -0.39 is 9.84 Å². The molecule has 4 aromatic heterocycles. The molecule has 1 atom stereocenters. The molecule has 0 amide bonds. The van der Waals surface area contributed by atoms with E-state index in [2.05, 4.69) is 25.3 Å². The van der Waals surface area contributed by atoms with Crippen LogP contribution in [0.15, 0.2) is 87.8 Å². The number of rotatable bonds is 6. The van der Waals surface area contributed by atoms with E-state index in [4.69, 9.17) is 28.3 Å². The largest absolute Gasteiger partial charge is 0.394 e. The van der Waals surface area contributed by atoms with Gasteiger partial charge in [0.05, 0.1) is 6.61 Å². The third-order valence-electron chi connectivity index (χ3n) is 7.18. The molecule has 0 fully saturated rings. The molecule has 2 N–H and O–H groups in total. The van der Waals surface area contributed by atoms with Crippen molar-refractivity contribution in [2.45, 2.75) is 18.1 Å². The highest BCUT2D eigenvalue weighted by atomic mass is 35.5. The number of sulfone groups is 1.